The maximum atomic E-state index is 12.5. The number of allylic oxidation sites excluding steroid dienone is 1. The van der Waals surface area contributed by atoms with Gasteiger partial charge < -0.3 is 10.2 Å². The largest absolute Gasteiger partial charge is 0.419 e. The Labute approximate surface area is 151 Å². The van der Waals surface area contributed by atoms with Crippen LogP contribution in [0.5, 0.6) is 0 Å². The van der Waals surface area contributed by atoms with E-state index in [0.29, 0.717) is 11.9 Å². The molecule has 1 aliphatic rings. The molecule has 0 spiro atoms. The topological polar surface area (TPSA) is 71.8 Å². The SMILES string of the molecule is C/C(=N\OC1N=CC(C(F)(F)F)=CN1)c1sc(-c2cccnc2)nc1C. The molecule has 0 aromatic carbocycles. The van der Waals surface area contributed by atoms with Crippen molar-refractivity contribution >= 4 is 23.3 Å². The van der Waals surface area contributed by atoms with Gasteiger partial charge in [-0.25, -0.2) is 9.98 Å². The van der Waals surface area contributed by atoms with Crippen molar-refractivity contribution < 1.29 is 18.0 Å². The van der Waals surface area contributed by atoms with Crippen molar-refractivity contribution in [2.24, 2.45) is 10.1 Å². The first-order valence-corrected chi connectivity index (χ1v) is 8.31. The molecule has 1 unspecified atom stereocenters. The van der Waals surface area contributed by atoms with E-state index in [1.54, 1.807) is 19.3 Å². The molecule has 0 fully saturated rings. The van der Waals surface area contributed by atoms with Crippen molar-refractivity contribution in [3.05, 3.63) is 46.9 Å². The van der Waals surface area contributed by atoms with Gasteiger partial charge in [-0.2, -0.15) is 13.2 Å². The lowest BCUT2D eigenvalue weighted by Gasteiger charge is -2.17. The molecule has 0 radical (unpaired) electrons. The van der Waals surface area contributed by atoms with Crippen molar-refractivity contribution in [3.8, 4) is 10.6 Å². The zero-order chi connectivity index (χ0) is 18.7. The number of hydrogen-bond donors (Lipinski definition) is 1. The Kier molecular flexibility index (Phi) is 5.03. The predicted octanol–water partition coefficient (Wildman–Crippen LogP) is 3.66. The van der Waals surface area contributed by atoms with Gasteiger partial charge in [0.05, 0.1) is 21.9 Å². The van der Waals surface area contributed by atoms with E-state index in [1.165, 1.54) is 11.3 Å². The van der Waals surface area contributed by atoms with Crippen LogP contribution in [0, 0.1) is 6.92 Å². The van der Waals surface area contributed by atoms with E-state index in [4.69, 9.17) is 4.84 Å². The fourth-order valence-corrected chi connectivity index (χ4v) is 3.11. The first-order chi connectivity index (χ1) is 12.3. The summed E-state index contributed by atoms with van der Waals surface area (Å²) < 4.78 is 37.5. The van der Waals surface area contributed by atoms with Crippen molar-refractivity contribution in [2.45, 2.75) is 26.4 Å². The quantitative estimate of drug-likeness (QED) is 0.648. The van der Waals surface area contributed by atoms with E-state index in [1.807, 2.05) is 19.1 Å². The minimum absolute atomic E-state index is 0.553. The Morgan fingerprint density at radius 3 is 2.81 bits per heavy atom. The van der Waals surface area contributed by atoms with Gasteiger partial charge in [-0.1, -0.05) is 5.16 Å². The number of rotatable bonds is 4. The lowest BCUT2D eigenvalue weighted by molar-refractivity contribution is -0.0869. The van der Waals surface area contributed by atoms with Gasteiger partial charge in [-0.3, -0.25) is 4.98 Å². The van der Waals surface area contributed by atoms with Gasteiger partial charge in [0.15, 0.2) is 0 Å². The first-order valence-electron chi connectivity index (χ1n) is 7.50. The van der Waals surface area contributed by atoms with Gasteiger partial charge in [0.1, 0.15) is 5.01 Å². The second kappa shape index (κ2) is 7.24. The molecule has 26 heavy (non-hydrogen) atoms. The zero-order valence-corrected chi connectivity index (χ0v) is 14.6. The maximum Gasteiger partial charge on any atom is 0.419 e. The Morgan fingerprint density at radius 2 is 2.19 bits per heavy atom. The van der Waals surface area contributed by atoms with Crippen LogP contribution in [0.15, 0.2) is 46.4 Å². The Morgan fingerprint density at radius 1 is 1.38 bits per heavy atom. The van der Waals surface area contributed by atoms with Crippen molar-refractivity contribution in [2.75, 3.05) is 0 Å². The molecular formula is C16H14F3N5OS. The van der Waals surface area contributed by atoms with Crippen LogP contribution in [0.1, 0.15) is 17.5 Å². The molecule has 0 aliphatic carbocycles. The second-order valence-corrected chi connectivity index (χ2v) is 6.35. The summed E-state index contributed by atoms with van der Waals surface area (Å²) in [4.78, 5) is 18.2. The zero-order valence-electron chi connectivity index (χ0n) is 13.8. The van der Waals surface area contributed by atoms with Crippen LogP contribution < -0.4 is 5.32 Å². The van der Waals surface area contributed by atoms with Gasteiger partial charge in [0, 0.05) is 30.4 Å². The fraction of sp³-hybridized carbons (Fsp3) is 0.250. The third-order valence-electron chi connectivity index (χ3n) is 3.38. The number of halogens is 3. The second-order valence-electron chi connectivity index (χ2n) is 5.35. The molecule has 6 nitrogen and oxygen atoms in total. The van der Waals surface area contributed by atoms with Gasteiger partial charge in [-0.05, 0) is 26.0 Å². The molecule has 1 N–H and O–H groups in total. The summed E-state index contributed by atoms with van der Waals surface area (Å²) in [6.45, 7) is 3.58. The maximum absolute atomic E-state index is 12.5. The van der Waals surface area contributed by atoms with Crippen LogP contribution in [0.3, 0.4) is 0 Å². The van der Waals surface area contributed by atoms with Crippen LogP contribution in [-0.2, 0) is 4.84 Å². The summed E-state index contributed by atoms with van der Waals surface area (Å²) in [6, 6.07) is 3.73. The number of aromatic nitrogens is 2. The van der Waals surface area contributed by atoms with E-state index in [2.05, 4.69) is 25.4 Å². The number of thiazole rings is 1. The normalized spacial score (nSPS) is 17.7. The number of hydrogen-bond acceptors (Lipinski definition) is 7. The number of pyridine rings is 1. The van der Waals surface area contributed by atoms with Crippen LogP contribution in [0.25, 0.3) is 10.6 Å². The van der Waals surface area contributed by atoms with Crippen LogP contribution in [0.2, 0.25) is 0 Å². The molecular weight excluding hydrogens is 367 g/mol. The molecule has 0 saturated carbocycles. The molecule has 3 heterocycles. The third-order valence-corrected chi connectivity index (χ3v) is 4.70. The molecule has 0 amide bonds. The summed E-state index contributed by atoms with van der Waals surface area (Å²) in [5, 5.41) is 7.15. The molecule has 0 bridgehead atoms. The van der Waals surface area contributed by atoms with E-state index < -0.39 is 18.1 Å². The number of alkyl halides is 3. The van der Waals surface area contributed by atoms with E-state index in [9.17, 15) is 13.2 Å². The highest BCUT2D eigenvalue weighted by Gasteiger charge is 2.34. The summed E-state index contributed by atoms with van der Waals surface area (Å²) in [7, 11) is 0. The Hall–Kier alpha value is -2.75. The van der Waals surface area contributed by atoms with Crippen LogP contribution in [-0.4, -0.2) is 34.4 Å². The van der Waals surface area contributed by atoms with Gasteiger partial charge in [0.25, 0.3) is 6.35 Å². The van der Waals surface area contributed by atoms with Crippen molar-refractivity contribution in [1.82, 2.24) is 15.3 Å². The monoisotopic (exact) mass is 381 g/mol. The third kappa shape index (κ3) is 4.07. The first kappa shape index (κ1) is 18.1. The highest BCUT2D eigenvalue weighted by molar-refractivity contribution is 7.17. The highest BCUT2D eigenvalue weighted by atomic mass is 32.1. The molecule has 2 aromatic heterocycles. The lowest BCUT2D eigenvalue weighted by atomic mass is 10.3. The van der Waals surface area contributed by atoms with E-state index in [0.717, 1.165) is 27.3 Å². The summed E-state index contributed by atoms with van der Waals surface area (Å²) in [6.07, 6.45) is -0.547. The average molecular weight is 381 g/mol. The molecule has 136 valence electrons. The molecule has 10 heteroatoms. The summed E-state index contributed by atoms with van der Waals surface area (Å²) >= 11 is 1.43. The van der Waals surface area contributed by atoms with E-state index >= 15 is 0 Å². The fourth-order valence-electron chi connectivity index (χ4n) is 2.12. The van der Waals surface area contributed by atoms with Crippen molar-refractivity contribution in [1.29, 1.82) is 0 Å². The molecule has 3 rings (SSSR count). The minimum atomic E-state index is -4.46. The molecule has 1 atom stereocenters. The Bertz CT molecular complexity index is 874. The number of oxime groups is 1. The van der Waals surface area contributed by atoms with Gasteiger partial charge in [-0.15, -0.1) is 11.3 Å². The highest BCUT2D eigenvalue weighted by Crippen LogP contribution is 2.28. The van der Waals surface area contributed by atoms with Crippen molar-refractivity contribution in [3.63, 3.8) is 0 Å². The smallest absolute Gasteiger partial charge is 0.346 e. The standard InChI is InChI=1S/C16H14F3N5OS/c1-9-13(26-14(23-9)11-4-3-5-20-6-11)10(2)24-25-15-21-7-12(8-22-15)16(17,18)19/h3-8,15,21H,1-2H3/b24-10+. The van der Waals surface area contributed by atoms with Gasteiger partial charge >= 0.3 is 6.18 Å². The molecule has 2 aromatic rings. The lowest BCUT2D eigenvalue weighted by Crippen LogP contribution is -2.31. The number of nitrogens with zero attached hydrogens (tertiary/aromatic N) is 4. The summed E-state index contributed by atoms with van der Waals surface area (Å²) in [5.74, 6) is 0. The molecule has 1 aliphatic heterocycles. The van der Waals surface area contributed by atoms with Crippen LogP contribution in [0.4, 0.5) is 13.2 Å². The average Bonchev–Trinajstić information content (AvgIpc) is 3.02. The number of aliphatic imine (C=N–C) groups is 1. The summed E-state index contributed by atoms with van der Waals surface area (Å²) in [5.41, 5.74) is 1.34. The molecule has 0 saturated heterocycles. The van der Waals surface area contributed by atoms with Crippen LogP contribution >= 0.6 is 11.3 Å². The number of nitrogens with one attached hydrogen (secondary N) is 1. The van der Waals surface area contributed by atoms with Gasteiger partial charge in [0.2, 0.25) is 0 Å². The Balaban J connectivity index is 1.69. The predicted molar refractivity (Wildman–Crippen MR) is 92.9 cm³/mol. The number of aryl methyl sites for hydroxylation is 1. The minimum Gasteiger partial charge on any atom is -0.346 e. The van der Waals surface area contributed by atoms with E-state index in [-0.39, 0.29) is 0 Å².